The van der Waals surface area contributed by atoms with Crippen molar-refractivity contribution < 1.29 is 8.80 Å². The highest BCUT2D eigenvalue weighted by atomic mass is 19.1. The van der Waals surface area contributed by atoms with E-state index in [-0.39, 0.29) is 0 Å². The minimum atomic E-state index is -2.63. The molecule has 1 aromatic heterocycles. The van der Waals surface area contributed by atoms with Crippen LogP contribution >= 0.6 is 0 Å². The second-order valence-corrected chi connectivity index (χ2v) is 9.81. The molecule has 2 aliphatic rings. The molecule has 0 N–H and O–H groups in total. The number of nitrogens with zero attached hydrogens (tertiary/aromatic N) is 2. The summed E-state index contributed by atoms with van der Waals surface area (Å²) in [7, 11) is 0. The Morgan fingerprint density at radius 2 is 1.56 bits per heavy atom. The van der Waals surface area contributed by atoms with E-state index < -0.39 is 6.69 Å². The summed E-state index contributed by atoms with van der Waals surface area (Å²) in [6.45, 7) is 8.03. The highest BCUT2D eigenvalue weighted by Crippen LogP contribution is 2.42. The summed E-state index contributed by atoms with van der Waals surface area (Å²) in [4.78, 5) is 0. The van der Waals surface area contributed by atoms with E-state index in [4.69, 9.17) is 0 Å². The lowest BCUT2D eigenvalue weighted by Crippen LogP contribution is -2.63. The minimum Gasteiger partial charge on any atom is -0.423 e. The normalized spacial score (nSPS) is 20.0. The zero-order valence-electron chi connectivity index (χ0n) is 20.5. The molecule has 0 saturated heterocycles. The molecule has 3 heterocycles. The quantitative estimate of drug-likeness (QED) is 0.296. The summed E-state index contributed by atoms with van der Waals surface area (Å²) in [6, 6.07) is 11.9. The largest absolute Gasteiger partial charge is 0.577 e. The Morgan fingerprint density at radius 3 is 2.25 bits per heavy atom. The van der Waals surface area contributed by atoms with E-state index >= 15 is 4.32 Å². The molecule has 170 valence electrons. The average molecular weight is 432 g/mol. The van der Waals surface area contributed by atoms with Crippen LogP contribution in [0.3, 0.4) is 0 Å². The molecular weight excluding hydrogens is 394 g/mol. The molecule has 1 unspecified atom stereocenters. The molecule has 1 aromatic carbocycles. The van der Waals surface area contributed by atoms with Gasteiger partial charge in [-0.3, -0.25) is 0 Å². The van der Waals surface area contributed by atoms with Crippen molar-refractivity contribution in [3.63, 3.8) is 0 Å². The Morgan fingerprint density at radius 1 is 0.906 bits per heavy atom. The van der Waals surface area contributed by atoms with Crippen molar-refractivity contribution in [2.24, 2.45) is 0 Å². The Bertz CT molecular complexity index is 1090. The summed E-state index contributed by atoms with van der Waals surface area (Å²) < 4.78 is 21.6. The van der Waals surface area contributed by atoms with Crippen LogP contribution in [0.1, 0.15) is 89.1 Å². The van der Waals surface area contributed by atoms with Crippen molar-refractivity contribution in [3.05, 3.63) is 70.7 Å². The maximum atomic E-state index is 17.5. The van der Waals surface area contributed by atoms with Crippen molar-refractivity contribution in [1.82, 2.24) is 4.48 Å². The molecule has 32 heavy (non-hydrogen) atoms. The van der Waals surface area contributed by atoms with Crippen molar-refractivity contribution in [3.8, 4) is 0 Å². The van der Waals surface area contributed by atoms with Crippen LogP contribution in [0.5, 0.6) is 0 Å². The van der Waals surface area contributed by atoms with Crippen LogP contribution in [0.2, 0.25) is 0 Å². The van der Waals surface area contributed by atoms with Crippen LogP contribution in [-0.4, -0.2) is 21.4 Å². The summed E-state index contributed by atoms with van der Waals surface area (Å²) in [6.07, 6.45) is 12.2. The van der Waals surface area contributed by atoms with Gasteiger partial charge in [0.25, 0.3) is 0 Å². The topological polar surface area (TPSA) is 7.94 Å². The van der Waals surface area contributed by atoms with Crippen molar-refractivity contribution in [1.29, 1.82) is 0 Å². The van der Waals surface area contributed by atoms with Crippen LogP contribution in [0.25, 0.3) is 5.57 Å². The maximum absolute atomic E-state index is 17.5. The fourth-order valence-electron chi connectivity index (χ4n) is 6.00. The summed E-state index contributed by atoms with van der Waals surface area (Å²) in [5.74, 6) is 0. The van der Waals surface area contributed by atoms with Gasteiger partial charge in [0.2, 0.25) is 0 Å². The number of benzene rings is 1. The lowest BCUT2D eigenvalue weighted by molar-refractivity contribution is -0.346. The van der Waals surface area contributed by atoms with E-state index in [1.807, 2.05) is 39.3 Å². The Labute approximate surface area is 193 Å². The first-order valence-corrected chi connectivity index (χ1v) is 12.5. The van der Waals surface area contributed by atoms with Crippen LogP contribution < -0.4 is 5.46 Å². The van der Waals surface area contributed by atoms with Gasteiger partial charge in [0.15, 0.2) is 5.70 Å². The third kappa shape index (κ3) is 3.72. The third-order valence-electron chi connectivity index (χ3n) is 7.35. The molecule has 0 aliphatic carbocycles. The fourth-order valence-corrected chi connectivity index (χ4v) is 6.00. The molecule has 2 aromatic rings. The van der Waals surface area contributed by atoms with Crippen LogP contribution in [0, 0.1) is 13.8 Å². The number of unbranched alkanes of at least 4 members (excludes halogenated alkanes) is 6. The lowest BCUT2D eigenvalue weighted by Gasteiger charge is -2.40. The number of aromatic nitrogens is 1. The highest BCUT2D eigenvalue weighted by Gasteiger charge is 2.53. The number of hydrogen-bond donors (Lipinski definition) is 0. The zero-order chi connectivity index (χ0) is 22.9. The van der Waals surface area contributed by atoms with Gasteiger partial charge in [-0.25, -0.2) is 0 Å². The zero-order valence-corrected chi connectivity index (χ0v) is 20.5. The van der Waals surface area contributed by atoms with Crippen LogP contribution in [0.4, 0.5) is 4.32 Å². The first-order chi connectivity index (χ1) is 15.4. The molecule has 0 bridgehead atoms. The monoisotopic (exact) mass is 432 g/mol. The molecule has 1 atom stereocenters. The number of allylic oxidation sites excluding steroid dienone is 3. The number of halogens is 1. The van der Waals surface area contributed by atoms with Gasteiger partial charge < -0.3 is 13.3 Å². The van der Waals surface area contributed by atoms with Crippen molar-refractivity contribution >= 4 is 23.4 Å². The molecule has 0 saturated carbocycles. The average Bonchev–Trinajstić information content (AvgIpc) is 3.25. The summed E-state index contributed by atoms with van der Waals surface area (Å²) >= 11 is 0. The first-order valence-electron chi connectivity index (χ1n) is 12.5. The molecule has 4 heteroatoms. The lowest BCUT2D eigenvalue weighted by atomic mass is 9.58. The molecule has 0 spiro atoms. The predicted octanol–water partition coefficient (Wildman–Crippen LogP) is 7.07. The Balaban J connectivity index is 1.77. The highest BCUT2D eigenvalue weighted by molar-refractivity contribution is 6.79. The van der Waals surface area contributed by atoms with E-state index in [2.05, 4.69) is 46.8 Å². The van der Waals surface area contributed by atoms with Crippen molar-refractivity contribution in [2.45, 2.75) is 86.0 Å². The van der Waals surface area contributed by atoms with E-state index in [1.54, 1.807) is 0 Å². The third-order valence-corrected chi connectivity index (χ3v) is 7.35. The molecule has 0 amide bonds. The number of fused-ring (bicyclic) bond motifs is 2. The molecule has 0 radical (unpaired) electrons. The SMILES string of the molecule is CCCCCCCCCC1=C2C(C)=CC(C)=[N+]2[B-](F)(c2ccccc2)n2c(C)cc(C)c21. The molecule has 4 rings (SSSR count). The van der Waals surface area contributed by atoms with Gasteiger partial charge in [0.05, 0.1) is 0 Å². The molecule has 0 fully saturated rings. The van der Waals surface area contributed by atoms with E-state index in [0.717, 1.165) is 41.1 Å². The summed E-state index contributed by atoms with van der Waals surface area (Å²) in [5.41, 5.74) is 8.63. The van der Waals surface area contributed by atoms with Crippen LogP contribution in [0.15, 0.2) is 53.7 Å². The van der Waals surface area contributed by atoms with E-state index in [0.29, 0.717) is 0 Å². The van der Waals surface area contributed by atoms with Gasteiger partial charge >= 0.3 is 6.69 Å². The van der Waals surface area contributed by atoms with Crippen LogP contribution in [-0.2, 0) is 0 Å². The Hall–Kier alpha value is -2.36. The number of hydrogen-bond acceptors (Lipinski definition) is 0. The maximum Gasteiger partial charge on any atom is 0.577 e. The first kappa shape index (κ1) is 22.8. The van der Waals surface area contributed by atoms with Gasteiger partial charge in [-0.05, 0) is 50.9 Å². The molecule has 2 aliphatic heterocycles. The van der Waals surface area contributed by atoms with Crippen molar-refractivity contribution in [2.75, 3.05) is 0 Å². The number of aryl methyl sites for hydroxylation is 2. The second-order valence-electron chi connectivity index (χ2n) is 9.81. The summed E-state index contributed by atoms with van der Waals surface area (Å²) in [5, 5.41) is 0. The molecule has 2 nitrogen and oxygen atoms in total. The minimum absolute atomic E-state index is 0.738. The second kappa shape index (κ2) is 9.25. The Kier molecular flexibility index (Phi) is 6.60. The van der Waals surface area contributed by atoms with E-state index in [1.165, 1.54) is 55.2 Å². The standard InChI is InChI=1S/C28H38BFN2/c1-6-7-8-9-10-11-15-18-26-27-21(2)19-23(4)31(27)29(30,25-16-13-12-14-17-25)32-24(5)20-22(3)28(26)32/h12-14,16-17,19-20H,6-11,15,18H2,1-5H3. The van der Waals surface area contributed by atoms with Gasteiger partial charge in [-0.15, -0.1) is 0 Å². The fraction of sp³-hybridized carbons (Fsp3) is 0.464. The number of rotatable bonds is 9. The van der Waals surface area contributed by atoms with Gasteiger partial charge in [-0.2, -0.15) is 0 Å². The molecular formula is C28H38BFN2. The van der Waals surface area contributed by atoms with E-state index in [9.17, 15) is 0 Å². The van der Waals surface area contributed by atoms with Gasteiger partial charge in [0, 0.05) is 29.8 Å². The predicted molar refractivity (Wildman–Crippen MR) is 136 cm³/mol. The van der Waals surface area contributed by atoms with Gasteiger partial charge in [-0.1, -0.05) is 81.2 Å². The smallest absolute Gasteiger partial charge is 0.423 e. The van der Waals surface area contributed by atoms with Gasteiger partial charge in [0.1, 0.15) is 5.71 Å².